The summed E-state index contributed by atoms with van der Waals surface area (Å²) in [5.74, 6) is -0.770. The van der Waals surface area contributed by atoms with E-state index in [9.17, 15) is 23.3 Å². The van der Waals surface area contributed by atoms with Crippen molar-refractivity contribution < 1.29 is 22.9 Å². The Bertz CT molecular complexity index is 959. The Morgan fingerprint density at radius 1 is 1.21 bits per heavy atom. The van der Waals surface area contributed by atoms with Crippen LogP contribution in [0.25, 0.3) is 0 Å². The highest BCUT2D eigenvalue weighted by Crippen LogP contribution is 2.28. The molecule has 2 rings (SSSR count). The Morgan fingerprint density at radius 2 is 1.82 bits per heavy atom. The van der Waals surface area contributed by atoms with E-state index in [1.165, 1.54) is 18.2 Å². The standard InChI is InChI=1S/C19H20N2O6S/c1-3-13-20(17(19(22)27-2)14-15-9-5-4-6-10-15)28(25,26)18-12-8-7-11-16(18)21(23)24/h3-12,17H,1,13-14H2,2H3. The van der Waals surface area contributed by atoms with E-state index in [-0.39, 0.29) is 13.0 Å². The van der Waals surface area contributed by atoms with Gasteiger partial charge in [-0.25, -0.2) is 8.42 Å². The highest BCUT2D eigenvalue weighted by atomic mass is 32.2. The number of carbonyl (C=O) groups excluding carboxylic acids is 1. The SMILES string of the molecule is C=CCN(C(Cc1ccccc1)C(=O)OC)S(=O)(=O)c1ccccc1[N+](=O)[O-]. The van der Waals surface area contributed by atoms with Crippen LogP contribution < -0.4 is 0 Å². The third kappa shape index (κ3) is 4.62. The van der Waals surface area contributed by atoms with Crippen molar-refractivity contribution in [2.75, 3.05) is 13.7 Å². The Balaban J connectivity index is 2.57. The monoisotopic (exact) mass is 404 g/mol. The van der Waals surface area contributed by atoms with Crippen molar-refractivity contribution in [3.8, 4) is 0 Å². The molecule has 8 nitrogen and oxygen atoms in total. The molecule has 0 N–H and O–H groups in total. The molecule has 0 radical (unpaired) electrons. The highest BCUT2D eigenvalue weighted by molar-refractivity contribution is 7.89. The van der Waals surface area contributed by atoms with Gasteiger partial charge >= 0.3 is 5.97 Å². The van der Waals surface area contributed by atoms with Crippen LogP contribution in [0.1, 0.15) is 5.56 Å². The molecule has 0 amide bonds. The minimum Gasteiger partial charge on any atom is -0.468 e. The molecular formula is C19H20N2O6S. The number of nitrogens with zero attached hydrogens (tertiary/aromatic N) is 2. The lowest BCUT2D eigenvalue weighted by Gasteiger charge is -2.28. The van der Waals surface area contributed by atoms with Crippen molar-refractivity contribution in [3.05, 3.63) is 82.9 Å². The van der Waals surface area contributed by atoms with Gasteiger partial charge in [0.15, 0.2) is 4.90 Å². The molecule has 0 aliphatic carbocycles. The third-order valence-electron chi connectivity index (χ3n) is 4.05. The van der Waals surface area contributed by atoms with Crippen LogP contribution in [0.15, 0.2) is 72.1 Å². The van der Waals surface area contributed by atoms with Crippen LogP contribution in [-0.2, 0) is 26.0 Å². The summed E-state index contributed by atoms with van der Waals surface area (Å²) in [6.07, 6.45) is 1.36. The van der Waals surface area contributed by atoms with Gasteiger partial charge in [-0.15, -0.1) is 6.58 Å². The molecule has 0 spiro atoms. The van der Waals surface area contributed by atoms with Gasteiger partial charge in [0.05, 0.1) is 12.0 Å². The van der Waals surface area contributed by atoms with Gasteiger partial charge in [-0.05, 0) is 18.1 Å². The van der Waals surface area contributed by atoms with E-state index >= 15 is 0 Å². The second kappa shape index (κ2) is 9.25. The fraction of sp³-hybridized carbons (Fsp3) is 0.211. The second-order valence-electron chi connectivity index (χ2n) is 5.82. The molecule has 0 aliphatic rings. The summed E-state index contributed by atoms with van der Waals surface area (Å²) < 4.78 is 32.2. The number of esters is 1. The number of nitro benzene ring substituents is 1. The van der Waals surface area contributed by atoms with Crippen LogP contribution in [-0.4, -0.2) is 43.3 Å². The molecule has 0 saturated carbocycles. The quantitative estimate of drug-likeness (QED) is 0.275. The molecule has 0 saturated heterocycles. The Morgan fingerprint density at radius 3 is 2.39 bits per heavy atom. The molecule has 1 unspecified atom stereocenters. The lowest BCUT2D eigenvalue weighted by molar-refractivity contribution is -0.387. The van der Waals surface area contributed by atoms with Gasteiger partial charge in [0.25, 0.3) is 15.7 Å². The minimum atomic E-state index is -4.39. The van der Waals surface area contributed by atoms with E-state index in [0.29, 0.717) is 5.56 Å². The average molecular weight is 404 g/mol. The summed E-state index contributed by atoms with van der Waals surface area (Å²) >= 11 is 0. The van der Waals surface area contributed by atoms with E-state index < -0.39 is 37.5 Å². The smallest absolute Gasteiger partial charge is 0.324 e. The number of para-hydroxylation sites is 1. The maximum Gasteiger partial charge on any atom is 0.324 e. The zero-order valence-corrected chi connectivity index (χ0v) is 16.0. The number of sulfonamides is 1. The number of benzene rings is 2. The van der Waals surface area contributed by atoms with E-state index in [2.05, 4.69) is 6.58 Å². The summed E-state index contributed by atoms with van der Waals surface area (Å²) in [6.45, 7) is 3.33. The number of carbonyl (C=O) groups is 1. The normalized spacial score (nSPS) is 12.4. The summed E-state index contributed by atoms with van der Waals surface area (Å²) in [7, 11) is -3.24. The van der Waals surface area contributed by atoms with E-state index in [1.54, 1.807) is 30.3 Å². The number of ether oxygens (including phenoxy) is 1. The van der Waals surface area contributed by atoms with Gasteiger partial charge < -0.3 is 4.74 Å². The van der Waals surface area contributed by atoms with E-state index in [1.807, 2.05) is 0 Å². The Kier molecular flexibility index (Phi) is 7.02. The summed E-state index contributed by atoms with van der Waals surface area (Å²) in [5.41, 5.74) is 0.143. The Hall–Kier alpha value is -3.04. The van der Waals surface area contributed by atoms with Crippen molar-refractivity contribution in [2.45, 2.75) is 17.4 Å². The van der Waals surface area contributed by atoms with Gasteiger partial charge in [-0.3, -0.25) is 14.9 Å². The number of nitro groups is 1. The van der Waals surface area contributed by atoms with Crippen LogP contribution in [0.2, 0.25) is 0 Å². The largest absolute Gasteiger partial charge is 0.468 e. The Labute approximate surface area is 163 Å². The van der Waals surface area contributed by atoms with Crippen LogP contribution in [0.3, 0.4) is 0 Å². The molecule has 0 aromatic heterocycles. The first-order chi connectivity index (χ1) is 13.3. The zero-order valence-electron chi connectivity index (χ0n) is 15.2. The van der Waals surface area contributed by atoms with Crippen molar-refractivity contribution in [3.63, 3.8) is 0 Å². The molecule has 2 aromatic carbocycles. The summed E-state index contributed by atoms with van der Waals surface area (Å²) in [4.78, 5) is 22.5. The molecule has 0 heterocycles. The lowest BCUT2D eigenvalue weighted by atomic mass is 10.1. The fourth-order valence-corrected chi connectivity index (χ4v) is 4.46. The first-order valence-corrected chi connectivity index (χ1v) is 9.74. The van der Waals surface area contributed by atoms with Crippen molar-refractivity contribution in [1.82, 2.24) is 4.31 Å². The highest BCUT2D eigenvalue weighted by Gasteiger charge is 2.39. The van der Waals surface area contributed by atoms with Crippen LogP contribution in [0, 0.1) is 10.1 Å². The van der Waals surface area contributed by atoms with Crippen LogP contribution >= 0.6 is 0 Å². The van der Waals surface area contributed by atoms with Crippen LogP contribution in [0.5, 0.6) is 0 Å². The minimum absolute atomic E-state index is 0.0429. The second-order valence-corrected chi connectivity index (χ2v) is 7.68. The molecule has 1 atom stereocenters. The number of rotatable bonds is 9. The molecule has 0 aliphatic heterocycles. The molecule has 28 heavy (non-hydrogen) atoms. The third-order valence-corrected chi connectivity index (χ3v) is 5.97. The predicted octanol–water partition coefficient (Wildman–Crippen LogP) is 2.56. The van der Waals surface area contributed by atoms with Gasteiger partial charge in [-0.1, -0.05) is 48.5 Å². The topological polar surface area (TPSA) is 107 Å². The number of hydrogen-bond acceptors (Lipinski definition) is 6. The van der Waals surface area contributed by atoms with Crippen LogP contribution in [0.4, 0.5) is 5.69 Å². The number of hydrogen-bond donors (Lipinski definition) is 0. The fourth-order valence-electron chi connectivity index (χ4n) is 2.75. The zero-order chi connectivity index (χ0) is 20.7. The molecule has 148 valence electrons. The average Bonchev–Trinajstić information content (AvgIpc) is 2.70. The van der Waals surface area contributed by atoms with Crippen molar-refractivity contribution in [1.29, 1.82) is 0 Å². The van der Waals surface area contributed by atoms with E-state index in [0.717, 1.165) is 23.5 Å². The summed E-state index contributed by atoms with van der Waals surface area (Å²) in [6, 6.07) is 12.6. The summed E-state index contributed by atoms with van der Waals surface area (Å²) in [5, 5.41) is 11.3. The van der Waals surface area contributed by atoms with E-state index in [4.69, 9.17) is 4.74 Å². The van der Waals surface area contributed by atoms with Crippen molar-refractivity contribution in [2.24, 2.45) is 0 Å². The van der Waals surface area contributed by atoms with Gasteiger partial charge in [-0.2, -0.15) is 4.31 Å². The van der Waals surface area contributed by atoms with Gasteiger partial charge in [0.2, 0.25) is 0 Å². The predicted molar refractivity (Wildman–Crippen MR) is 103 cm³/mol. The molecular weight excluding hydrogens is 384 g/mol. The maximum atomic E-state index is 13.3. The first-order valence-electron chi connectivity index (χ1n) is 8.30. The molecule has 9 heteroatoms. The molecule has 2 aromatic rings. The maximum absolute atomic E-state index is 13.3. The van der Waals surface area contributed by atoms with Gasteiger partial charge in [0.1, 0.15) is 6.04 Å². The van der Waals surface area contributed by atoms with Gasteiger partial charge in [0, 0.05) is 12.6 Å². The molecule has 0 fully saturated rings. The first kappa shape index (κ1) is 21.3. The molecule has 0 bridgehead atoms. The lowest BCUT2D eigenvalue weighted by Crippen LogP contribution is -2.47. The number of methoxy groups -OCH3 is 1. The van der Waals surface area contributed by atoms with Crippen molar-refractivity contribution >= 4 is 21.7 Å².